The number of tetrazole rings is 1. The van der Waals surface area contributed by atoms with Gasteiger partial charge in [-0.1, -0.05) is 33.6 Å². The Balaban J connectivity index is 1.90. The third-order valence-electron chi connectivity index (χ3n) is 3.75. The van der Waals surface area contributed by atoms with Crippen molar-refractivity contribution in [1.82, 2.24) is 25.5 Å². The van der Waals surface area contributed by atoms with Crippen LogP contribution in [-0.2, 0) is 13.1 Å². The fourth-order valence-corrected chi connectivity index (χ4v) is 2.76. The summed E-state index contributed by atoms with van der Waals surface area (Å²) in [6.07, 6.45) is 5.37. The summed E-state index contributed by atoms with van der Waals surface area (Å²) >= 11 is 0. The van der Waals surface area contributed by atoms with Gasteiger partial charge in [-0.2, -0.15) is 0 Å². The van der Waals surface area contributed by atoms with E-state index in [0.717, 1.165) is 30.7 Å². The van der Waals surface area contributed by atoms with E-state index >= 15 is 0 Å². The zero-order valence-electron chi connectivity index (χ0n) is 11.8. The molecule has 1 aliphatic carbocycles. The van der Waals surface area contributed by atoms with E-state index in [1.807, 2.05) is 4.68 Å². The van der Waals surface area contributed by atoms with Crippen molar-refractivity contribution in [3.8, 4) is 0 Å². The van der Waals surface area contributed by atoms with E-state index < -0.39 is 0 Å². The van der Waals surface area contributed by atoms with E-state index in [9.17, 15) is 0 Å². The predicted molar refractivity (Wildman–Crippen MR) is 70.9 cm³/mol. The van der Waals surface area contributed by atoms with Crippen molar-refractivity contribution in [2.75, 3.05) is 0 Å². The molecule has 102 valence electrons. The van der Waals surface area contributed by atoms with Crippen LogP contribution in [0.3, 0.4) is 0 Å². The zero-order chi connectivity index (χ0) is 13.0. The van der Waals surface area contributed by atoms with Gasteiger partial charge in [0.05, 0.1) is 6.54 Å². The highest BCUT2D eigenvalue weighted by Gasteiger charge is 2.20. The number of aromatic nitrogens is 4. The maximum atomic E-state index is 4.13. The molecule has 2 unspecified atom stereocenters. The third kappa shape index (κ3) is 3.77. The molecule has 0 aromatic carbocycles. The number of nitrogens with one attached hydrogen (secondary N) is 1. The first-order valence-electron chi connectivity index (χ1n) is 7.13. The third-order valence-corrected chi connectivity index (χ3v) is 3.75. The van der Waals surface area contributed by atoms with Crippen molar-refractivity contribution in [2.45, 2.75) is 65.6 Å². The van der Waals surface area contributed by atoms with Crippen molar-refractivity contribution in [1.29, 1.82) is 0 Å². The van der Waals surface area contributed by atoms with Gasteiger partial charge in [0.2, 0.25) is 0 Å². The summed E-state index contributed by atoms with van der Waals surface area (Å²) in [4.78, 5) is 0. The Labute approximate surface area is 109 Å². The Morgan fingerprint density at radius 2 is 2.22 bits per heavy atom. The van der Waals surface area contributed by atoms with Crippen LogP contribution in [0, 0.1) is 11.8 Å². The Morgan fingerprint density at radius 3 is 2.94 bits per heavy atom. The molecule has 1 heterocycles. The Kier molecular flexibility index (Phi) is 4.69. The SMILES string of the molecule is CC1CCCC(Cn2nnnc2CNC(C)C)C1. The van der Waals surface area contributed by atoms with Gasteiger partial charge in [-0.05, 0) is 35.1 Å². The number of rotatable bonds is 5. The van der Waals surface area contributed by atoms with E-state index in [1.165, 1.54) is 25.7 Å². The molecule has 1 fully saturated rings. The zero-order valence-corrected chi connectivity index (χ0v) is 11.8. The lowest BCUT2D eigenvalue weighted by Crippen LogP contribution is -2.26. The summed E-state index contributed by atoms with van der Waals surface area (Å²) in [6.45, 7) is 8.36. The summed E-state index contributed by atoms with van der Waals surface area (Å²) in [7, 11) is 0. The van der Waals surface area contributed by atoms with Gasteiger partial charge >= 0.3 is 0 Å². The Morgan fingerprint density at radius 1 is 1.39 bits per heavy atom. The topological polar surface area (TPSA) is 55.6 Å². The summed E-state index contributed by atoms with van der Waals surface area (Å²) in [5, 5.41) is 15.4. The van der Waals surface area contributed by atoms with Gasteiger partial charge in [-0.15, -0.1) is 5.10 Å². The van der Waals surface area contributed by atoms with E-state index in [2.05, 4.69) is 41.6 Å². The molecule has 0 radical (unpaired) electrons. The van der Waals surface area contributed by atoms with Crippen molar-refractivity contribution in [2.24, 2.45) is 11.8 Å². The molecule has 1 aromatic heterocycles. The normalized spacial score (nSPS) is 24.7. The summed E-state index contributed by atoms with van der Waals surface area (Å²) in [6, 6.07) is 0.463. The molecule has 18 heavy (non-hydrogen) atoms. The minimum absolute atomic E-state index is 0.463. The van der Waals surface area contributed by atoms with Crippen LogP contribution >= 0.6 is 0 Å². The van der Waals surface area contributed by atoms with E-state index in [0.29, 0.717) is 6.04 Å². The van der Waals surface area contributed by atoms with Crippen molar-refractivity contribution in [3.05, 3.63) is 5.82 Å². The quantitative estimate of drug-likeness (QED) is 0.869. The minimum Gasteiger partial charge on any atom is -0.308 e. The molecular formula is C13H25N5. The second-order valence-corrected chi connectivity index (χ2v) is 5.95. The van der Waals surface area contributed by atoms with Crippen LogP contribution in [-0.4, -0.2) is 26.2 Å². The van der Waals surface area contributed by atoms with Gasteiger partial charge in [0.1, 0.15) is 0 Å². The second-order valence-electron chi connectivity index (χ2n) is 5.95. The van der Waals surface area contributed by atoms with Crippen molar-refractivity contribution >= 4 is 0 Å². The highest BCUT2D eigenvalue weighted by atomic mass is 15.5. The summed E-state index contributed by atoms with van der Waals surface area (Å²) in [5.74, 6) is 2.56. The molecule has 1 aromatic rings. The first kappa shape index (κ1) is 13.5. The highest BCUT2D eigenvalue weighted by Crippen LogP contribution is 2.29. The molecule has 2 rings (SSSR count). The lowest BCUT2D eigenvalue weighted by molar-refractivity contribution is 0.246. The lowest BCUT2D eigenvalue weighted by Gasteiger charge is -2.26. The lowest BCUT2D eigenvalue weighted by atomic mass is 9.82. The maximum Gasteiger partial charge on any atom is 0.165 e. The summed E-state index contributed by atoms with van der Waals surface area (Å²) in [5.41, 5.74) is 0. The van der Waals surface area contributed by atoms with Crippen LogP contribution in [0.4, 0.5) is 0 Å². The average Bonchev–Trinajstić information content (AvgIpc) is 2.74. The molecule has 2 atom stereocenters. The van der Waals surface area contributed by atoms with E-state index in [4.69, 9.17) is 0 Å². The van der Waals surface area contributed by atoms with Gasteiger partial charge in [0.15, 0.2) is 5.82 Å². The van der Waals surface area contributed by atoms with Crippen LogP contribution < -0.4 is 5.32 Å². The van der Waals surface area contributed by atoms with E-state index in [-0.39, 0.29) is 0 Å². The van der Waals surface area contributed by atoms with E-state index in [1.54, 1.807) is 0 Å². The fraction of sp³-hybridized carbons (Fsp3) is 0.923. The Bertz CT molecular complexity index is 360. The number of hydrogen-bond donors (Lipinski definition) is 1. The monoisotopic (exact) mass is 251 g/mol. The molecule has 1 saturated carbocycles. The molecule has 0 bridgehead atoms. The summed E-state index contributed by atoms with van der Waals surface area (Å²) < 4.78 is 1.98. The van der Waals surface area contributed by atoms with Gasteiger partial charge in [0, 0.05) is 12.6 Å². The average molecular weight is 251 g/mol. The number of hydrogen-bond acceptors (Lipinski definition) is 4. The van der Waals surface area contributed by atoms with Crippen LogP contribution in [0.15, 0.2) is 0 Å². The molecule has 0 saturated heterocycles. The molecule has 1 N–H and O–H groups in total. The van der Waals surface area contributed by atoms with Gasteiger partial charge in [-0.3, -0.25) is 0 Å². The number of nitrogens with zero attached hydrogens (tertiary/aromatic N) is 4. The first-order valence-corrected chi connectivity index (χ1v) is 7.13. The Hall–Kier alpha value is -0.970. The molecule has 1 aliphatic rings. The molecule has 5 nitrogen and oxygen atoms in total. The van der Waals surface area contributed by atoms with Crippen molar-refractivity contribution < 1.29 is 0 Å². The smallest absolute Gasteiger partial charge is 0.165 e. The molecule has 5 heteroatoms. The standard InChI is InChI=1S/C13H25N5/c1-10(2)14-8-13-15-16-17-18(13)9-12-6-4-5-11(3)7-12/h10-12,14H,4-9H2,1-3H3. The van der Waals surface area contributed by atoms with Gasteiger partial charge in [0.25, 0.3) is 0 Å². The minimum atomic E-state index is 0.463. The van der Waals surface area contributed by atoms with Crippen LogP contribution in [0.2, 0.25) is 0 Å². The van der Waals surface area contributed by atoms with Crippen LogP contribution in [0.5, 0.6) is 0 Å². The second kappa shape index (κ2) is 6.27. The maximum absolute atomic E-state index is 4.13. The fourth-order valence-electron chi connectivity index (χ4n) is 2.76. The van der Waals surface area contributed by atoms with Crippen molar-refractivity contribution in [3.63, 3.8) is 0 Å². The predicted octanol–water partition coefficient (Wildman–Crippen LogP) is 2.00. The molecule has 0 aliphatic heterocycles. The molecular weight excluding hydrogens is 226 g/mol. The molecule has 0 amide bonds. The largest absolute Gasteiger partial charge is 0.308 e. The highest BCUT2D eigenvalue weighted by molar-refractivity contribution is 4.82. The van der Waals surface area contributed by atoms with Crippen LogP contribution in [0.25, 0.3) is 0 Å². The molecule has 0 spiro atoms. The van der Waals surface area contributed by atoms with Gasteiger partial charge in [-0.25, -0.2) is 4.68 Å². The van der Waals surface area contributed by atoms with Crippen LogP contribution in [0.1, 0.15) is 52.3 Å². The first-order chi connectivity index (χ1) is 8.65. The van der Waals surface area contributed by atoms with Gasteiger partial charge < -0.3 is 5.32 Å².